The number of rotatable bonds is 2. The van der Waals surface area contributed by atoms with Crippen LogP contribution in [0.2, 0.25) is 0 Å². The van der Waals surface area contributed by atoms with Crippen LogP contribution in [0.5, 0.6) is 0 Å². The fourth-order valence-electron chi connectivity index (χ4n) is 1.32. The fourth-order valence-corrected chi connectivity index (χ4v) is 1.49. The van der Waals surface area contributed by atoms with Gasteiger partial charge in [0.25, 0.3) is 0 Å². The maximum Gasteiger partial charge on any atom is 0.407 e. The third-order valence-corrected chi connectivity index (χ3v) is 2.36. The molecule has 1 fully saturated rings. The first-order chi connectivity index (χ1) is 6.97. The van der Waals surface area contributed by atoms with E-state index in [1.54, 1.807) is 0 Å². The molecule has 0 spiro atoms. The summed E-state index contributed by atoms with van der Waals surface area (Å²) in [4.78, 5) is 11.2. The van der Waals surface area contributed by atoms with E-state index in [4.69, 9.17) is 39.5 Å². The van der Waals surface area contributed by atoms with E-state index in [0.29, 0.717) is 0 Å². The van der Waals surface area contributed by atoms with Crippen molar-refractivity contribution < 1.29 is 9.53 Å². The summed E-state index contributed by atoms with van der Waals surface area (Å²) in [6, 6.07) is 0.147. The van der Waals surface area contributed by atoms with Crippen LogP contribution in [0.25, 0.3) is 0 Å². The number of amides is 1. The summed E-state index contributed by atoms with van der Waals surface area (Å²) in [6.07, 6.45) is 1.25. The SMILES string of the molecule is O=C(NC1CCNCC1)OCC(Cl)(Cl)Cl. The predicted octanol–water partition coefficient (Wildman–Crippen LogP) is 1.83. The van der Waals surface area contributed by atoms with Gasteiger partial charge in [-0.05, 0) is 25.9 Å². The van der Waals surface area contributed by atoms with E-state index >= 15 is 0 Å². The van der Waals surface area contributed by atoms with Crippen LogP contribution < -0.4 is 10.6 Å². The maximum absolute atomic E-state index is 11.2. The Morgan fingerprint density at radius 1 is 1.40 bits per heavy atom. The molecule has 1 amide bonds. The molecule has 88 valence electrons. The van der Waals surface area contributed by atoms with E-state index in [1.807, 2.05) is 0 Å². The summed E-state index contributed by atoms with van der Waals surface area (Å²) in [5.41, 5.74) is 0. The van der Waals surface area contributed by atoms with E-state index in [-0.39, 0.29) is 12.6 Å². The Bertz CT molecular complexity index is 214. The van der Waals surface area contributed by atoms with Crippen LogP contribution in [-0.4, -0.2) is 35.6 Å². The lowest BCUT2D eigenvalue weighted by Crippen LogP contribution is -2.43. The molecular weight excluding hydrogens is 262 g/mol. The van der Waals surface area contributed by atoms with Gasteiger partial charge in [-0.2, -0.15) is 0 Å². The van der Waals surface area contributed by atoms with Gasteiger partial charge in [0.05, 0.1) is 0 Å². The smallest absolute Gasteiger partial charge is 0.407 e. The first-order valence-electron chi connectivity index (χ1n) is 4.68. The first-order valence-corrected chi connectivity index (χ1v) is 5.81. The van der Waals surface area contributed by atoms with Crippen molar-refractivity contribution in [1.82, 2.24) is 10.6 Å². The molecule has 0 unspecified atom stereocenters. The van der Waals surface area contributed by atoms with Crippen molar-refractivity contribution in [2.24, 2.45) is 0 Å². The molecule has 0 aromatic rings. The minimum absolute atomic E-state index is 0.147. The van der Waals surface area contributed by atoms with Gasteiger partial charge in [-0.1, -0.05) is 34.8 Å². The molecule has 0 aliphatic carbocycles. The lowest BCUT2D eigenvalue weighted by Gasteiger charge is -2.23. The summed E-state index contributed by atoms with van der Waals surface area (Å²) >= 11 is 16.3. The molecule has 0 bridgehead atoms. The Kier molecular flexibility index (Phi) is 5.26. The molecule has 0 radical (unpaired) electrons. The first kappa shape index (κ1) is 13.2. The Morgan fingerprint density at radius 2 is 2.00 bits per heavy atom. The second-order valence-corrected chi connectivity index (χ2v) is 5.88. The number of hydrogen-bond donors (Lipinski definition) is 2. The Balaban J connectivity index is 2.17. The second kappa shape index (κ2) is 5.99. The van der Waals surface area contributed by atoms with Crippen LogP contribution in [0.3, 0.4) is 0 Å². The van der Waals surface area contributed by atoms with Crippen molar-refractivity contribution in [2.45, 2.75) is 22.7 Å². The molecule has 0 saturated carbocycles. The molecule has 2 N–H and O–H groups in total. The van der Waals surface area contributed by atoms with Gasteiger partial charge in [0.15, 0.2) is 0 Å². The number of alkyl carbamates (subject to hydrolysis) is 1. The fraction of sp³-hybridized carbons (Fsp3) is 0.875. The summed E-state index contributed by atoms with van der Waals surface area (Å²) in [5, 5.41) is 5.90. The van der Waals surface area contributed by atoms with Gasteiger partial charge in [-0.3, -0.25) is 0 Å². The molecule has 0 aromatic carbocycles. The molecule has 1 rings (SSSR count). The van der Waals surface area contributed by atoms with E-state index in [0.717, 1.165) is 25.9 Å². The highest BCUT2D eigenvalue weighted by Gasteiger charge is 2.23. The average Bonchev–Trinajstić information content (AvgIpc) is 2.15. The van der Waals surface area contributed by atoms with Crippen molar-refractivity contribution in [1.29, 1.82) is 0 Å². The Hall–Kier alpha value is 0.1000. The predicted molar refractivity (Wildman–Crippen MR) is 60.7 cm³/mol. The number of piperidine rings is 1. The molecule has 0 atom stereocenters. The zero-order valence-electron chi connectivity index (χ0n) is 8.06. The number of halogens is 3. The maximum atomic E-state index is 11.2. The quantitative estimate of drug-likeness (QED) is 0.756. The zero-order chi connectivity index (χ0) is 11.3. The number of ether oxygens (including phenoxy) is 1. The number of alkyl halides is 3. The highest BCUT2D eigenvalue weighted by molar-refractivity contribution is 6.67. The van der Waals surface area contributed by atoms with Crippen LogP contribution in [0, 0.1) is 0 Å². The van der Waals surface area contributed by atoms with Gasteiger partial charge in [0, 0.05) is 6.04 Å². The van der Waals surface area contributed by atoms with E-state index in [9.17, 15) is 4.79 Å². The molecule has 1 saturated heterocycles. The molecular formula is C8H13Cl3N2O2. The highest BCUT2D eigenvalue weighted by Crippen LogP contribution is 2.25. The van der Waals surface area contributed by atoms with E-state index in [1.165, 1.54) is 0 Å². The minimum atomic E-state index is -1.55. The van der Waals surface area contributed by atoms with Crippen molar-refractivity contribution in [3.63, 3.8) is 0 Å². The number of carbonyl (C=O) groups excluding carboxylic acids is 1. The molecule has 0 aromatic heterocycles. The summed E-state index contributed by atoms with van der Waals surface area (Å²) in [5.74, 6) is 0. The zero-order valence-corrected chi connectivity index (χ0v) is 10.3. The van der Waals surface area contributed by atoms with Gasteiger partial charge in [-0.25, -0.2) is 4.79 Å². The van der Waals surface area contributed by atoms with Gasteiger partial charge in [0.2, 0.25) is 3.79 Å². The molecule has 1 aliphatic rings. The van der Waals surface area contributed by atoms with Crippen molar-refractivity contribution >= 4 is 40.9 Å². The number of nitrogens with one attached hydrogen (secondary N) is 2. The number of hydrogen-bond acceptors (Lipinski definition) is 3. The van der Waals surface area contributed by atoms with Gasteiger partial charge >= 0.3 is 6.09 Å². The minimum Gasteiger partial charge on any atom is -0.445 e. The van der Waals surface area contributed by atoms with E-state index in [2.05, 4.69) is 10.6 Å². The van der Waals surface area contributed by atoms with Crippen molar-refractivity contribution in [3.8, 4) is 0 Å². The molecule has 4 nitrogen and oxygen atoms in total. The van der Waals surface area contributed by atoms with Crippen molar-refractivity contribution in [2.75, 3.05) is 19.7 Å². The topological polar surface area (TPSA) is 50.4 Å². The van der Waals surface area contributed by atoms with Gasteiger partial charge in [0.1, 0.15) is 6.61 Å². The summed E-state index contributed by atoms with van der Waals surface area (Å²) < 4.78 is 3.19. The van der Waals surface area contributed by atoms with Crippen LogP contribution in [0.1, 0.15) is 12.8 Å². The largest absolute Gasteiger partial charge is 0.445 e. The molecule has 15 heavy (non-hydrogen) atoms. The second-order valence-electron chi connectivity index (χ2n) is 3.36. The lowest BCUT2D eigenvalue weighted by atomic mass is 10.1. The van der Waals surface area contributed by atoms with Crippen LogP contribution >= 0.6 is 34.8 Å². The standard InChI is InChI=1S/C8H13Cl3N2O2/c9-8(10,11)5-15-7(14)13-6-1-3-12-4-2-6/h6,12H,1-5H2,(H,13,14). The Morgan fingerprint density at radius 3 is 2.53 bits per heavy atom. The summed E-state index contributed by atoms with van der Waals surface area (Å²) in [6.45, 7) is 1.55. The van der Waals surface area contributed by atoms with Crippen molar-refractivity contribution in [3.05, 3.63) is 0 Å². The monoisotopic (exact) mass is 274 g/mol. The van der Waals surface area contributed by atoms with E-state index < -0.39 is 9.89 Å². The molecule has 1 heterocycles. The summed E-state index contributed by atoms with van der Waals surface area (Å²) in [7, 11) is 0. The Labute approximate surface area is 104 Å². The lowest BCUT2D eigenvalue weighted by molar-refractivity contribution is 0.142. The molecule has 7 heteroatoms. The highest BCUT2D eigenvalue weighted by atomic mass is 35.6. The normalized spacial score (nSPS) is 18.6. The third kappa shape index (κ3) is 6.30. The van der Waals surface area contributed by atoms with Crippen LogP contribution in [0.15, 0.2) is 0 Å². The van der Waals surface area contributed by atoms with Crippen LogP contribution in [0.4, 0.5) is 4.79 Å². The van der Waals surface area contributed by atoms with Gasteiger partial charge < -0.3 is 15.4 Å². The molecule has 1 aliphatic heterocycles. The van der Waals surface area contributed by atoms with Gasteiger partial charge in [-0.15, -0.1) is 0 Å². The third-order valence-electron chi connectivity index (χ3n) is 2.03. The number of carbonyl (C=O) groups is 1. The van der Waals surface area contributed by atoms with Crippen LogP contribution in [-0.2, 0) is 4.74 Å². The average molecular weight is 276 g/mol.